The normalized spacial score (nSPS) is 17.9. The lowest BCUT2D eigenvalue weighted by molar-refractivity contribution is 0.315. The molecular formula is C17H21N3. The highest BCUT2D eigenvalue weighted by atomic mass is 14.9. The van der Waals surface area contributed by atoms with Crippen molar-refractivity contribution in [3.05, 3.63) is 54.4 Å². The molecule has 3 nitrogen and oxygen atoms in total. The van der Waals surface area contributed by atoms with E-state index < -0.39 is 0 Å². The van der Waals surface area contributed by atoms with Crippen LogP contribution in [0.1, 0.15) is 18.4 Å². The van der Waals surface area contributed by atoms with E-state index in [1.54, 1.807) is 0 Å². The van der Waals surface area contributed by atoms with Gasteiger partial charge in [0.15, 0.2) is 0 Å². The SMILES string of the molecule is NCC1(c2cncc(-c3ccccc3)c2)CCNCC1. The third-order valence-corrected chi connectivity index (χ3v) is 4.41. The number of benzene rings is 1. The highest BCUT2D eigenvalue weighted by Crippen LogP contribution is 2.33. The maximum Gasteiger partial charge on any atom is 0.0346 e. The summed E-state index contributed by atoms with van der Waals surface area (Å²) in [6.45, 7) is 2.76. The summed E-state index contributed by atoms with van der Waals surface area (Å²) in [6, 6.07) is 12.7. The molecule has 0 spiro atoms. The Morgan fingerprint density at radius 2 is 1.80 bits per heavy atom. The summed E-state index contributed by atoms with van der Waals surface area (Å²) in [6.07, 6.45) is 6.10. The van der Waals surface area contributed by atoms with E-state index in [9.17, 15) is 0 Å². The molecule has 2 aromatic rings. The number of pyridine rings is 1. The molecule has 1 aliphatic heterocycles. The molecule has 2 heterocycles. The molecule has 0 aliphatic carbocycles. The molecule has 0 atom stereocenters. The Bertz CT molecular complexity index is 559. The van der Waals surface area contributed by atoms with Gasteiger partial charge < -0.3 is 11.1 Å². The lowest BCUT2D eigenvalue weighted by Crippen LogP contribution is -2.44. The highest BCUT2D eigenvalue weighted by Gasteiger charge is 2.32. The second-order valence-corrected chi connectivity index (χ2v) is 5.56. The molecule has 1 aromatic carbocycles. The lowest BCUT2D eigenvalue weighted by Gasteiger charge is -2.37. The molecule has 1 fully saturated rings. The van der Waals surface area contributed by atoms with Crippen LogP contribution in [0.2, 0.25) is 0 Å². The molecule has 3 N–H and O–H groups in total. The van der Waals surface area contributed by atoms with Gasteiger partial charge >= 0.3 is 0 Å². The zero-order valence-electron chi connectivity index (χ0n) is 11.7. The van der Waals surface area contributed by atoms with Crippen molar-refractivity contribution in [1.29, 1.82) is 0 Å². The van der Waals surface area contributed by atoms with Crippen LogP contribution < -0.4 is 11.1 Å². The Balaban J connectivity index is 1.98. The predicted molar refractivity (Wildman–Crippen MR) is 82.5 cm³/mol. The van der Waals surface area contributed by atoms with Gasteiger partial charge in [0.1, 0.15) is 0 Å². The second kappa shape index (κ2) is 5.73. The first-order chi connectivity index (χ1) is 9.84. The molecule has 3 heteroatoms. The molecule has 0 radical (unpaired) electrons. The Hall–Kier alpha value is -1.71. The molecule has 1 saturated heterocycles. The van der Waals surface area contributed by atoms with E-state index in [1.807, 2.05) is 18.5 Å². The van der Waals surface area contributed by atoms with Crippen molar-refractivity contribution in [2.45, 2.75) is 18.3 Å². The third-order valence-electron chi connectivity index (χ3n) is 4.41. The van der Waals surface area contributed by atoms with E-state index in [1.165, 1.54) is 16.7 Å². The largest absolute Gasteiger partial charge is 0.330 e. The van der Waals surface area contributed by atoms with Gasteiger partial charge in [0, 0.05) is 29.9 Å². The number of hydrogen-bond donors (Lipinski definition) is 2. The fourth-order valence-corrected chi connectivity index (χ4v) is 3.03. The minimum Gasteiger partial charge on any atom is -0.330 e. The topological polar surface area (TPSA) is 50.9 Å². The number of piperidine rings is 1. The van der Waals surface area contributed by atoms with Crippen molar-refractivity contribution in [2.75, 3.05) is 19.6 Å². The van der Waals surface area contributed by atoms with E-state index >= 15 is 0 Å². The number of hydrogen-bond acceptors (Lipinski definition) is 3. The van der Waals surface area contributed by atoms with Crippen molar-refractivity contribution in [1.82, 2.24) is 10.3 Å². The molecule has 0 saturated carbocycles. The van der Waals surface area contributed by atoms with Crippen LogP contribution in [-0.2, 0) is 5.41 Å². The molecule has 1 aromatic heterocycles. The Labute approximate surface area is 120 Å². The van der Waals surface area contributed by atoms with Gasteiger partial charge in [-0.05, 0) is 43.1 Å². The maximum atomic E-state index is 6.10. The zero-order chi connectivity index (χ0) is 13.8. The van der Waals surface area contributed by atoms with Crippen LogP contribution in [0, 0.1) is 0 Å². The first-order valence-electron chi connectivity index (χ1n) is 7.26. The standard InChI is InChI=1S/C17H21N3/c18-13-17(6-8-19-9-7-17)16-10-15(11-20-12-16)14-4-2-1-3-5-14/h1-5,10-12,19H,6-9,13,18H2. The average molecular weight is 267 g/mol. The summed E-state index contributed by atoms with van der Waals surface area (Å²) < 4.78 is 0. The number of nitrogens with one attached hydrogen (secondary N) is 1. The van der Waals surface area contributed by atoms with Gasteiger partial charge in [-0.15, -0.1) is 0 Å². The quantitative estimate of drug-likeness (QED) is 0.897. The first-order valence-corrected chi connectivity index (χ1v) is 7.26. The van der Waals surface area contributed by atoms with E-state index in [0.29, 0.717) is 6.54 Å². The van der Waals surface area contributed by atoms with Crippen molar-refractivity contribution < 1.29 is 0 Å². The van der Waals surface area contributed by atoms with Gasteiger partial charge in [0.25, 0.3) is 0 Å². The van der Waals surface area contributed by atoms with Crippen molar-refractivity contribution in [2.24, 2.45) is 5.73 Å². The van der Waals surface area contributed by atoms with Crippen LogP contribution in [0.25, 0.3) is 11.1 Å². The van der Waals surface area contributed by atoms with E-state index in [-0.39, 0.29) is 5.41 Å². The number of nitrogens with two attached hydrogens (primary N) is 1. The van der Waals surface area contributed by atoms with Crippen LogP contribution in [-0.4, -0.2) is 24.6 Å². The smallest absolute Gasteiger partial charge is 0.0346 e. The number of nitrogens with zero attached hydrogens (tertiary/aromatic N) is 1. The van der Waals surface area contributed by atoms with Crippen LogP contribution >= 0.6 is 0 Å². The van der Waals surface area contributed by atoms with Crippen molar-refractivity contribution in [3.63, 3.8) is 0 Å². The van der Waals surface area contributed by atoms with Crippen LogP contribution in [0.4, 0.5) is 0 Å². The van der Waals surface area contributed by atoms with Crippen molar-refractivity contribution >= 4 is 0 Å². The summed E-state index contributed by atoms with van der Waals surface area (Å²) in [5.41, 5.74) is 9.86. The van der Waals surface area contributed by atoms with Gasteiger partial charge in [-0.1, -0.05) is 30.3 Å². The first kappa shape index (κ1) is 13.3. The van der Waals surface area contributed by atoms with E-state index in [2.05, 4.69) is 40.6 Å². The highest BCUT2D eigenvalue weighted by molar-refractivity contribution is 5.63. The summed E-state index contributed by atoms with van der Waals surface area (Å²) >= 11 is 0. The van der Waals surface area contributed by atoms with Gasteiger partial charge in [0.05, 0.1) is 0 Å². The Morgan fingerprint density at radius 3 is 2.50 bits per heavy atom. The third kappa shape index (κ3) is 2.47. The van der Waals surface area contributed by atoms with Gasteiger partial charge in [-0.25, -0.2) is 0 Å². The number of rotatable bonds is 3. The summed E-state index contributed by atoms with van der Waals surface area (Å²) in [5.74, 6) is 0. The fraction of sp³-hybridized carbons (Fsp3) is 0.353. The summed E-state index contributed by atoms with van der Waals surface area (Å²) in [5, 5.41) is 3.41. The lowest BCUT2D eigenvalue weighted by atomic mass is 9.73. The van der Waals surface area contributed by atoms with Crippen LogP contribution in [0.3, 0.4) is 0 Å². The van der Waals surface area contributed by atoms with Crippen molar-refractivity contribution in [3.8, 4) is 11.1 Å². The Morgan fingerprint density at radius 1 is 1.05 bits per heavy atom. The monoisotopic (exact) mass is 267 g/mol. The average Bonchev–Trinajstić information content (AvgIpc) is 2.56. The maximum absolute atomic E-state index is 6.10. The van der Waals surface area contributed by atoms with Gasteiger partial charge in [-0.3, -0.25) is 4.98 Å². The molecule has 0 unspecified atom stereocenters. The van der Waals surface area contributed by atoms with E-state index in [0.717, 1.165) is 25.9 Å². The predicted octanol–water partition coefficient (Wildman–Crippen LogP) is 2.33. The molecule has 20 heavy (non-hydrogen) atoms. The van der Waals surface area contributed by atoms with Crippen LogP contribution in [0.15, 0.2) is 48.8 Å². The molecule has 104 valence electrons. The number of aromatic nitrogens is 1. The molecule has 3 rings (SSSR count). The van der Waals surface area contributed by atoms with Crippen LogP contribution in [0.5, 0.6) is 0 Å². The summed E-state index contributed by atoms with van der Waals surface area (Å²) in [7, 11) is 0. The minimum atomic E-state index is 0.0863. The molecule has 1 aliphatic rings. The molecular weight excluding hydrogens is 246 g/mol. The van der Waals surface area contributed by atoms with Gasteiger partial charge in [0.2, 0.25) is 0 Å². The molecule has 0 amide bonds. The van der Waals surface area contributed by atoms with Gasteiger partial charge in [-0.2, -0.15) is 0 Å². The van der Waals surface area contributed by atoms with E-state index in [4.69, 9.17) is 5.73 Å². The minimum absolute atomic E-state index is 0.0863. The Kier molecular flexibility index (Phi) is 3.81. The zero-order valence-corrected chi connectivity index (χ0v) is 11.7. The second-order valence-electron chi connectivity index (χ2n) is 5.56. The molecule has 0 bridgehead atoms. The fourth-order valence-electron chi connectivity index (χ4n) is 3.03. The summed E-state index contributed by atoms with van der Waals surface area (Å²) in [4.78, 5) is 4.45.